The van der Waals surface area contributed by atoms with Gasteiger partial charge in [-0.2, -0.15) is 0 Å². The molecule has 1 fully saturated rings. The third kappa shape index (κ3) is 2.65. The van der Waals surface area contributed by atoms with Gasteiger partial charge in [0.15, 0.2) is 5.82 Å². The molecule has 1 aromatic carbocycles. The number of anilines is 1. The Morgan fingerprint density at radius 3 is 2.65 bits per heavy atom. The minimum Gasteiger partial charge on any atom is -0.388 e. The number of likely N-dealkylation sites (tertiary alicyclic amines) is 1. The van der Waals surface area contributed by atoms with E-state index < -0.39 is 0 Å². The van der Waals surface area contributed by atoms with Gasteiger partial charge in [-0.25, -0.2) is 9.97 Å². The second-order valence-corrected chi connectivity index (χ2v) is 5.38. The first-order chi connectivity index (χ1) is 9.76. The Bertz CT molecular complexity index is 579. The van der Waals surface area contributed by atoms with Crippen molar-refractivity contribution in [3.05, 3.63) is 42.2 Å². The lowest BCUT2D eigenvalue weighted by Gasteiger charge is -2.11. The molecule has 1 aliphatic heterocycles. The molecule has 1 atom stereocenters. The van der Waals surface area contributed by atoms with Gasteiger partial charge >= 0.3 is 0 Å². The first-order valence-electron chi connectivity index (χ1n) is 7.06. The maximum Gasteiger partial charge on any atom is 0.159 e. The van der Waals surface area contributed by atoms with E-state index in [1.165, 1.54) is 6.42 Å². The number of hydrogen-bond donors (Lipinski definition) is 1. The zero-order chi connectivity index (χ0) is 13.9. The lowest BCUT2D eigenvalue weighted by molar-refractivity contribution is 0.410. The molecule has 1 N–H and O–H groups in total. The van der Waals surface area contributed by atoms with Crippen molar-refractivity contribution in [3.8, 4) is 11.4 Å². The fourth-order valence-electron chi connectivity index (χ4n) is 2.70. The Morgan fingerprint density at radius 2 is 2.00 bits per heavy atom. The molecule has 0 amide bonds. The quantitative estimate of drug-likeness (QED) is 0.929. The van der Waals surface area contributed by atoms with Gasteiger partial charge in [0.25, 0.3) is 0 Å². The van der Waals surface area contributed by atoms with Gasteiger partial charge in [0.05, 0.1) is 0 Å². The number of likely N-dealkylation sites (N-methyl/N-ethyl adjacent to an activating group) is 1. The number of rotatable bonds is 3. The van der Waals surface area contributed by atoms with Crippen molar-refractivity contribution in [1.82, 2.24) is 14.9 Å². The zero-order valence-electron chi connectivity index (χ0n) is 12.0. The molecule has 0 spiro atoms. The van der Waals surface area contributed by atoms with Crippen molar-refractivity contribution in [2.75, 3.05) is 32.5 Å². The number of nitrogens with zero attached hydrogens (tertiary/aromatic N) is 3. The van der Waals surface area contributed by atoms with E-state index in [-0.39, 0.29) is 0 Å². The predicted octanol–water partition coefficient (Wildman–Crippen LogP) is 2.60. The number of nitrogens with one attached hydrogen (secondary N) is 1. The van der Waals surface area contributed by atoms with Crippen LogP contribution in [0.15, 0.2) is 36.5 Å². The maximum absolute atomic E-state index is 4.76. The van der Waals surface area contributed by atoms with Gasteiger partial charge in [-0.1, -0.05) is 0 Å². The van der Waals surface area contributed by atoms with Crippen LogP contribution >= 0.6 is 0 Å². The highest BCUT2D eigenvalue weighted by Crippen LogP contribution is 2.26. The summed E-state index contributed by atoms with van der Waals surface area (Å²) in [6, 6.07) is 10.3. The molecule has 4 nitrogen and oxygen atoms in total. The van der Waals surface area contributed by atoms with Crippen LogP contribution in [0.1, 0.15) is 18.0 Å². The van der Waals surface area contributed by atoms with Crippen LogP contribution in [0.2, 0.25) is 0 Å². The smallest absolute Gasteiger partial charge is 0.159 e. The first kappa shape index (κ1) is 13.1. The second kappa shape index (κ2) is 5.59. The Hall–Kier alpha value is -1.94. The molecular weight excluding hydrogens is 248 g/mol. The molecular formula is C16H20N4. The molecule has 20 heavy (non-hydrogen) atoms. The summed E-state index contributed by atoms with van der Waals surface area (Å²) in [6.07, 6.45) is 3.06. The lowest BCUT2D eigenvalue weighted by atomic mass is 10.0. The molecule has 1 unspecified atom stereocenters. The summed E-state index contributed by atoms with van der Waals surface area (Å²) < 4.78 is 0. The van der Waals surface area contributed by atoms with E-state index in [0.717, 1.165) is 35.9 Å². The molecule has 2 heterocycles. The molecule has 3 rings (SSSR count). The third-order valence-corrected chi connectivity index (χ3v) is 3.92. The minimum atomic E-state index is 0.540. The van der Waals surface area contributed by atoms with Gasteiger partial charge in [0.1, 0.15) is 0 Å². The Balaban J connectivity index is 1.86. The van der Waals surface area contributed by atoms with E-state index >= 15 is 0 Å². The van der Waals surface area contributed by atoms with Gasteiger partial charge < -0.3 is 10.2 Å². The van der Waals surface area contributed by atoms with Gasteiger partial charge in [0.2, 0.25) is 0 Å². The van der Waals surface area contributed by atoms with Crippen LogP contribution in [-0.4, -0.2) is 42.1 Å². The molecule has 0 radical (unpaired) electrons. The van der Waals surface area contributed by atoms with Crippen LogP contribution in [0.25, 0.3) is 11.4 Å². The van der Waals surface area contributed by atoms with Crippen molar-refractivity contribution >= 4 is 5.69 Å². The molecule has 1 saturated heterocycles. The van der Waals surface area contributed by atoms with Gasteiger partial charge in [-0.05, 0) is 50.3 Å². The van der Waals surface area contributed by atoms with E-state index in [9.17, 15) is 0 Å². The fourth-order valence-corrected chi connectivity index (χ4v) is 2.70. The van der Waals surface area contributed by atoms with Crippen LogP contribution < -0.4 is 5.32 Å². The highest BCUT2D eigenvalue weighted by molar-refractivity contribution is 5.59. The van der Waals surface area contributed by atoms with Crippen molar-refractivity contribution in [2.24, 2.45) is 0 Å². The Morgan fingerprint density at radius 1 is 1.20 bits per heavy atom. The molecule has 1 aromatic heterocycles. The van der Waals surface area contributed by atoms with Gasteiger partial charge in [0, 0.05) is 42.7 Å². The van der Waals surface area contributed by atoms with Crippen LogP contribution in [0.5, 0.6) is 0 Å². The molecule has 0 bridgehead atoms. The molecule has 104 valence electrons. The average Bonchev–Trinajstić information content (AvgIpc) is 2.94. The lowest BCUT2D eigenvalue weighted by Crippen LogP contribution is -2.14. The van der Waals surface area contributed by atoms with E-state index in [2.05, 4.69) is 52.6 Å². The number of benzene rings is 1. The second-order valence-electron chi connectivity index (χ2n) is 5.38. The molecule has 1 aliphatic rings. The third-order valence-electron chi connectivity index (χ3n) is 3.92. The van der Waals surface area contributed by atoms with E-state index in [4.69, 9.17) is 4.98 Å². The van der Waals surface area contributed by atoms with Gasteiger partial charge in [-0.3, -0.25) is 0 Å². The van der Waals surface area contributed by atoms with Gasteiger partial charge in [-0.15, -0.1) is 0 Å². The van der Waals surface area contributed by atoms with Crippen molar-refractivity contribution in [2.45, 2.75) is 12.3 Å². The molecule has 2 aromatic rings. The Labute approximate surface area is 119 Å². The normalized spacial score (nSPS) is 19.2. The Kier molecular flexibility index (Phi) is 3.65. The highest BCUT2D eigenvalue weighted by Gasteiger charge is 2.22. The highest BCUT2D eigenvalue weighted by atomic mass is 15.1. The SMILES string of the molecule is CNc1ccc(-c2nccc(C3CCN(C)C3)n2)cc1. The standard InChI is InChI=1S/C16H20N4/c1-17-14-5-3-12(4-6-14)16-18-9-7-15(19-16)13-8-10-20(2)11-13/h3-7,9,13,17H,8,10-11H2,1-2H3. The van der Waals surface area contributed by atoms with E-state index in [1.807, 2.05) is 13.2 Å². The topological polar surface area (TPSA) is 41.1 Å². The monoisotopic (exact) mass is 268 g/mol. The van der Waals surface area contributed by atoms with Crippen molar-refractivity contribution in [3.63, 3.8) is 0 Å². The summed E-state index contributed by atoms with van der Waals surface area (Å²) in [6.45, 7) is 2.25. The van der Waals surface area contributed by atoms with Crippen LogP contribution in [-0.2, 0) is 0 Å². The van der Waals surface area contributed by atoms with Crippen molar-refractivity contribution in [1.29, 1.82) is 0 Å². The van der Waals surface area contributed by atoms with Crippen LogP contribution in [0.3, 0.4) is 0 Å². The molecule has 0 aliphatic carbocycles. The predicted molar refractivity (Wildman–Crippen MR) is 81.9 cm³/mol. The number of aromatic nitrogens is 2. The summed E-state index contributed by atoms with van der Waals surface area (Å²) in [5.74, 6) is 1.36. The van der Waals surface area contributed by atoms with E-state index in [0.29, 0.717) is 5.92 Å². The van der Waals surface area contributed by atoms with E-state index in [1.54, 1.807) is 0 Å². The van der Waals surface area contributed by atoms with Crippen LogP contribution in [0, 0.1) is 0 Å². The minimum absolute atomic E-state index is 0.540. The summed E-state index contributed by atoms with van der Waals surface area (Å²) in [7, 11) is 4.08. The largest absolute Gasteiger partial charge is 0.388 e. The first-order valence-corrected chi connectivity index (χ1v) is 7.06. The zero-order valence-corrected chi connectivity index (χ0v) is 12.0. The molecule has 0 saturated carbocycles. The number of hydrogen-bond acceptors (Lipinski definition) is 4. The average molecular weight is 268 g/mol. The summed E-state index contributed by atoms with van der Waals surface area (Å²) in [4.78, 5) is 11.5. The summed E-state index contributed by atoms with van der Waals surface area (Å²) in [5, 5.41) is 3.12. The maximum atomic E-state index is 4.76. The summed E-state index contributed by atoms with van der Waals surface area (Å²) >= 11 is 0. The fraction of sp³-hybridized carbons (Fsp3) is 0.375. The summed E-state index contributed by atoms with van der Waals surface area (Å²) in [5.41, 5.74) is 3.33. The van der Waals surface area contributed by atoms with Crippen LogP contribution in [0.4, 0.5) is 5.69 Å². The molecule has 4 heteroatoms. The van der Waals surface area contributed by atoms with Crippen molar-refractivity contribution < 1.29 is 0 Å².